The Hall–Kier alpha value is -1.76. The first-order valence-corrected chi connectivity index (χ1v) is 7.39. The van der Waals surface area contributed by atoms with Crippen LogP contribution in [0, 0.1) is 5.92 Å². The van der Waals surface area contributed by atoms with Gasteiger partial charge in [0.05, 0.1) is 17.3 Å². The maximum atomic E-state index is 12.4. The van der Waals surface area contributed by atoms with E-state index >= 15 is 0 Å². The van der Waals surface area contributed by atoms with Crippen molar-refractivity contribution in [2.45, 2.75) is 25.3 Å². The summed E-state index contributed by atoms with van der Waals surface area (Å²) in [6.45, 7) is 3.96. The number of aromatic nitrogens is 1. The Morgan fingerprint density at radius 2 is 2.30 bits per heavy atom. The molecule has 7 heteroatoms. The van der Waals surface area contributed by atoms with Crippen LogP contribution in [0.15, 0.2) is 24.5 Å². The molecule has 2 heterocycles. The van der Waals surface area contributed by atoms with Gasteiger partial charge in [0.2, 0.25) is 0 Å². The van der Waals surface area contributed by atoms with Gasteiger partial charge >= 0.3 is 12.0 Å². The fourth-order valence-electron chi connectivity index (χ4n) is 2.11. The SMILES string of the molecule is CC(C)C1SCC(C(=O)O)N1C(=O)Nc1cccnc1. The van der Waals surface area contributed by atoms with Crippen molar-refractivity contribution in [2.75, 3.05) is 11.1 Å². The van der Waals surface area contributed by atoms with Crippen LogP contribution in [0.3, 0.4) is 0 Å². The van der Waals surface area contributed by atoms with E-state index in [0.29, 0.717) is 11.4 Å². The third-order valence-electron chi connectivity index (χ3n) is 3.04. The highest BCUT2D eigenvalue weighted by Crippen LogP contribution is 2.34. The molecule has 2 atom stereocenters. The number of carboxylic acid groups (broad SMARTS) is 1. The largest absolute Gasteiger partial charge is 0.480 e. The fourth-order valence-corrected chi connectivity index (χ4v) is 3.58. The Morgan fingerprint density at radius 1 is 1.55 bits per heavy atom. The number of thioether (sulfide) groups is 1. The maximum Gasteiger partial charge on any atom is 0.327 e. The predicted molar refractivity (Wildman–Crippen MR) is 77.6 cm³/mol. The monoisotopic (exact) mass is 295 g/mol. The molecule has 0 radical (unpaired) electrons. The molecule has 0 aromatic carbocycles. The molecule has 1 fully saturated rings. The van der Waals surface area contributed by atoms with Gasteiger partial charge in [-0.25, -0.2) is 9.59 Å². The molecular weight excluding hydrogens is 278 g/mol. The predicted octanol–water partition coefficient (Wildman–Crippen LogP) is 2.10. The lowest BCUT2D eigenvalue weighted by Crippen LogP contribution is -2.49. The Bertz CT molecular complexity index is 495. The molecular formula is C13H17N3O3S. The highest BCUT2D eigenvalue weighted by atomic mass is 32.2. The lowest BCUT2D eigenvalue weighted by atomic mass is 10.2. The van der Waals surface area contributed by atoms with Gasteiger partial charge in [0, 0.05) is 11.9 Å². The number of pyridine rings is 1. The first-order valence-electron chi connectivity index (χ1n) is 6.34. The van der Waals surface area contributed by atoms with Gasteiger partial charge in [-0.3, -0.25) is 9.88 Å². The van der Waals surface area contributed by atoms with Crippen LogP contribution < -0.4 is 5.32 Å². The molecule has 0 bridgehead atoms. The standard InChI is InChI=1S/C13H17N3O3S/c1-8(2)11-16(10(7-20-11)12(17)18)13(19)15-9-4-3-5-14-6-9/h3-6,8,10-11H,7H2,1-2H3,(H,15,19)(H,17,18). The molecule has 108 valence electrons. The van der Waals surface area contributed by atoms with Gasteiger partial charge < -0.3 is 10.4 Å². The molecule has 20 heavy (non-hydrogen) atoms. The Labute approximate surface area is 121 Å². The van der Waals surface area contributed by atoms with Crippen molar-refractivity contribution in [3.05, 3.63) is 24.5 Å². The number of hydrogen-bond donors (Lipinski definition) is 2. The van der Waals surface area contributed by atoms with E-state index in [9.17, 15) is 14.7 Å². The van der Waals surface area contributed by atoms with Gasteiger partial charge in [-0.05, 0) is 18.1 Å². The summed E-state index contributed by atoms with van der Waals surface area (Å²) in [6.07, 6.45) is 3.14. The topological polar surface area (TPSA) is 82.5 Å². The van der Waals surface area contributed by atoms with Crippen LogP contribution in [0.5, 0.6) is 0 Å². The van der Waals surface area contributed by atoms with Crippen LogP contribution in [-0.4, -0.2) is 44.2 Å². The third kappa shape index (κ3) is 3.04. The zero-order valence-corrected chi connectivity index (χ0v) is 12.1. The molecule has 2 unspecified atom stereocenters. The normalized spacial score (nSPS) is 22.1. The van der Waals surface area contributed by atoms with Crippen LogP contribution in [0.1, 0.15) is 13.8 Å². The minimum atomic E-state index is -0.970. The van der Waals surface area contributed by atoms with E-state index in [4.69, 9.17) is 0 Å². The second-order valence-corrected chi connectivity index (χ2v) is 6.05. The van der Waals surface area contributed by atoms with Crippen molar-refractivity contribution < 1.29 is 14.7 Å². The number of aliphatic carboxylic acids is 1. The molecule has 2 amide bonds. The van der Waals surface area contributed by atoms with Crippen molar-refractivity contribution >= 4 is 29.4 Å². The van der Waals surface area contributed by atoms with Crippen molar-refractivity contribution in [3.63, 3.8) is 0 Å². The summed E-state index contributed by atoms with van der Waals surface area (Å²) in [6, 6.07) is 2.25. The second-order valence-electron chi connectivity index (χ2n) is 4.90. The van der Waals surface area contributed by atoms with E-state index in [2.05, 4.69) is 10.3 Å². The number of urea groups is 1. The number of carbonyl (C=O) groups excluding carboxylic acids is 1. The quantitative estimate of drug-likeness (QED) is 0.892. The van der Waals surface area contributed by atoms with Gasteiger partial charge in [0.1, 0.15) is 6.04 Å². The molecule has 1 saturated heterocycles. The summed E-state index contributed by atoms with van der Waals surface area (Å²) in [4.78, 5) is 29.0. The van der Waals surface area contributed by atoms with Crippen LogP contribution in [0.25, 0.3) is 0 Å². The van der Waals surface area contributed by atoms with E-state index in [-0.39, 0.29) is 11.3 Å². The summed E-state index contributed by atoms with van der Waals surface area (Å²) < 4.78 is 0. The number of nitrogens with zero attached hydrogens (tertiary/aromatic N) is 2. The van der Waals surface area contributed by atoms with E-state index in [1.807, 2.05) is 13.8 Å². The first-order chi connectivity index (χ1) is 9.50. The lowest BCUT2D eigenvalue weighted by Gasteiger charge is -2.29. The molecule has 1 aliphatic heterocycles. The molecule has 1 aliphatic rings. The van der Waals surface area contributed by atoms with E-state index < -0.39 is 18.0 Å². The van der Waals surface area contributed by atoms with E-state index in [1.165, 1.54) is 22.9 Å². The smallest absolute Gasteiger partial charge is 0.327 e. The minimum Gasteiger partial charge on any atom is -0.480 e. The van der Waals surface area contributed by atoms with Crippen LogP contribution in [-0.2, 0) is 4.79 Å². The Morgan fingerprint density at radius 3 is 2.85 bits per heavy atom. The summed E-state index contributed by atoms with van der Waals surface area (Å²) in [5.74, 6) is -0.371. The average molecular weight is 295 g/mol. The minimum absolute atomic E-state index is 0.132. The molecule has 0 saturated carbocycles. The van der Waals surface area contributed by atoms with Crippen molar-refractivity contribution in [1.29, 1.82) is 0 Å². The number of carboxylic acids is 1. The van der Waals surface area contributed by atoms with E-state index in [0.717, 1.165) is 0 Å². The zero-order valence-electron chi connectivity index (χ0n) is 11.3. The van der Waals surface area contributed by atoms with Crippen molar-refractivity contribution in [2.24, 2.45) is 5.92 Å². The van der Waals surface area contributed by atoms with Gasteiger partial charge in [-0.2, -0.15) is 0 Å². The molecule has 0 aliphatic carbocycles. The number of nitrogens with one attached hydrogen (secondary N) is 1. The maximum absolute atomic E-state index is 12.4. The van der Waals surface area contributed by atoms with Gasteiger partial charge in [-0.15, -0.1) is 11.8 Å². The third-order valence-corrected chi connectivity index (χ3v) is 4.66. The summed E-state index contributed by atoms with van der Waals surface area (Å²) >= 11 is 1.50. The second kappa shape index (κ2) is 6.13. The number of amides is 2. The summed E-state index contributed by atoms with van der Waals surface area (Å²) in [5, 5.41) is 11.8. The Balaban J connectivity index is 2.17. The highest BCUT2D eigenvalue weighted by molar-refractivity contribution is 8.00. The number of anilines is 1. The van der Waals surface area contributed by atoms with Crippen LogP contribution in [0.2, 0.25) is 0 Å². The van der Waals surface area contributed by atoms with Crippen LogP contribution >= 0.6 is 11.8 Å². The number of hydrogen-bond acceptors (Lipinski definition) is 4. The molecule has 2 rings (SSSR count). The molecule has 1 aromatic heterocycles. The van der Waals surface area contributed by atoms with Crippen molar-refractivity contribution in [3.8, 4) is 0 Å². The molecule has 2 N–H and O–H groups in total. The van der Waals surface area contributed by atoms with E-state index in [1.54, 1.807) is 18.3 Å². The highest BCUT2D eigenvalue weighted by Gasteiger charge is 2.42. The van der Waals surface area contributed by atoms with Crippen molar-refractivity contribution in [1.82, 2.24) is 9.88 Å². The summed E-state index contributed by atoms with van der Waals surface area (Å²) in [7, 11) is 0. The number of rotatable bonds is 3. The zero-order chi connectivity index (χ0) is 14.7. The summed E-state index contributed by atoms with van der Waals surface area (Å²) in [5.41, 5.74) is 0.557. The van der Waals surface area contributed by atoms with Gasteiger partial charge in [0.15, 0.2) is 0 Å². The van der Waals surface area contributed by atoms with Gasteiger partial charge in [0.25, 0.3) is 0 Å². The number of carbonyl (C=O) groups is 2. The average Bonchev–Trinajstić information content (AvgIpc) is 2.84. The van der Waals surface area contributed by atoms with Gasteiger partial charge in [-0.1, -0.05) is 13.8 Å². The fraction of sp³-hybridized carbons (Fsp3) is 0.462. The lowest BCUT2D eigenvalue weighted by molar-refractivity contribution is -0.141. The first kappa shape index (κ1) is 14.6. The Kier molecular flexibility index (Phi) is 4.49. The van der Waals surface area contributed by atoms with Crippen LogP contribution in [0.4, 0.5) is 10.5 Å². The molecule has 1 aromatic rings. The molecule has 6 nitrogen and oxygen atoms in total. The molecule has 0 spiro atoms.